The zero-order chi connectivity index (χ0) is 13.0. The number of aryl methyl sites for hydroxylation is 1. The van der Waals surface area contributed by atoms with E-state index in [4.69, 9.17) is 0 Å². The first-order valence-electron chi connectivity index (χ1n) is 6.00. The molecule has 0 N–H and O–H groups in total. The van der Waals surface area contributed by atoms with Crippen molar-refractivity contribution in [2.45, 2.75) is 31.5 Å². The summed E-state index contributed by atoms with van der Waals surface area (Å²) in [5, 5.41) is 11.3. The first-order valence-corrected chi connectivity index (χ1v) is 6.99. The highest BCUT2D eigenvalue weighted by Crippen LogP contribution is 2.24. The number of nitrogens with zero attached hydrogens (tertiary/aromatic N) is 2. The molecule has 0 atom stereocenters. The van der Waals surface area contributed by atoms with Crippen molar-refractivity contribution in [2.24, 2.45) is 0 Å². The van der Waals surface area contributed by atoms with E-state index in [0.717, 1.165) is 29.2 Å². The monoisotopic (exact) mass is 263 g/mol. The van der Waals surface area contributed by atoms with E-state index in [1.54, 1.807) is 0 Å². The molecule has 0 radical (unpaired) electrons. The number of carboxylic acids is 1. The third-order valence-corrected chi connectivity index (χ3v) is 3.58. The average molecular weight is 263 g/mol. The minimum absolute atomic E-state index is 0.0556. The second-order valence-corrected chi connectivity index (χ2v) is 5.07. The Labute approximate surface area is 110 Å². The second-order valence-electron chi connectivity index (χ2n) is 4.01. The molecule has 0 spiro atoms. The maximum atomic E-state index is 10.4. The van der Waals surface area contributed by atoms with Crippen molar-refractivity contribution < 1.29 is 9.90 Å². The summed E-state index contributed by atoms with van der Waals surface area (Å²) in [6.45, 7) is 3.01. The molecule has 1 heterocycles. The van der Waals surface area contributed by atoms with E-state index in [9.17, 15) is 9.90 Å². The Hall–Kier alpha value is -1.49. The van der Waals surface area contributed by atoms with Crippen molar-refractivity contribution in [1.82, 2.24) is 9.55 Å². The summed E-state index contributed by atoms with van der Waals surface area (Å²) in [5.41, 5.74) is 2.07. The smallest absolute Gasteiger partial charge is 0.169 e. The van der Waals surface area contributed by atoms with Crippen molar-refractivity contribution in [3.63, 3.8) is 0 Å². The fraction of sp³-hybridized carbons (Fsp3) is 0.385. The summed E-state index contributed by atoms with van der Waals surface area (Å²) in [5.74, 6) is -0.518. The number of carbonyl (C=O) groups excluding carboxylic acids is 1. The molecule has 4 nitrogen and oxygen atoms in total. The topological polar surface area (TPSA) is 58.0 Å². The highest BCUT2D eigenvalue weighted by Gasteiger charge is 2.09. The van der Waals surface area contributed by atoms with Crippen LogP contribution in [0.3, 0.4) is 0 Å². The molecule has 2 aromatic rings. The first-order chi connectivity index (χ1) is 8.72. The standard InChI is InChI=1S/C13H16N2O2S/c1-2-8-15-11-6-4-3-5-10(11)14-13(15)18-9-7-12(16)17/h3-6H,2,7-9H2,1H3,(H,16,17)/p-1. The lowest BCUT2D eigenvalue weighted by molar-refractivity contribution is -0.305. The SMILES string of the molecule is CCCn1c(SCCC(=O)[O-])nc2ccccc21. The number of benzene rings is 1. The van der Waals surface area contributed by atoms with E-state index in [0.29, 0.717) is 5.75 Å². The Kier molecular flexibility index (Phi) is 4.25. The van der Waals surface area contributed by atoms with Gasteiger partial charge < -0.3 is 14.5 Å². The number of carbonyl (C=O) groups is 1. The van der Waals surface area contributed by atoms with Crippen LogP contribution in [0.2, 0.25) is 0 Å². The van der Waals surface area contributed by atoms with Crippen LogP contribution in [0.5, 0.6) is 0 Å². The van der Waals surface area contributed by atoms with Crippen LogP contribution in [-0.4, -0.2) is 21.3 Å². The molecule has 18 heavy (non-hydrogen) atoms. The molecule has 0 amide bonds. The molecule has 0 fully saturated rings. The van der Waals surface area contributed by atoms with Gasteiger partial charge in [-0.3, -0.25) is 0 Å². The maximum absolute atomic E-state index is 10.4. The molecule has 0 aliphatic rings. The fourth-order valence-corrected chi connectivity index (χ4v) is 2.79. The van der Waals surface area contributed by atoms with Gasteiger partial charge in [0.05, 0.1) is 11.0 Å². The van der Waals surface area contributed by atoms with Gasteiger partial charge in [0, 0.05) is 18.3 Å². The molecule has 0 unspecified atom stereocenters. The van der Waals surface area contributed by atoms with E-state index in [-0.39, 0.29) is 6.42 Å². The van der Waals surface area contributed by atoms with Crippen LogP contribution in [0.25, 0.3) is 11.0 Å². The number of imidazole rings is 1. The van der Waals surface area contributed by atoms with E-state index in [2.05, 4.69) is 16.5 Å². The van der Waals surface area contributed by atoms with Crippen molar-refractivity contribution >= 4 is 28.8 Å². The number of hydrogen-bond acceptors (Lipinski definition) is 4. The molecule has 0 aliphatic carbocycles. The van der Waals surface area contributed by atoms with Gasteiger partial charge in [-0.15, -0.1) is 0 Å². The van der Waals surface area contributed by atoms with Crippen molar-refractivity contribution in [2.75, 3.05) is 5.75 Å². The third-order valence-electron chi connectivity index (χ3n) is 2.60. The van der Waals surface area contributed by atoms with Crippen LogP contribution in [0.4, 0.5) is 0 Å². The lowest BCUT2D eigenvalue weighted by atomic mass is 10.3. The molecular formula is C13H15N2O2S-. The van der Waals surface area contributed by atoms with Crippen LogP contribution in [0.1, 0.15) is 19.8 Å². The minimum atomic E-state index is -1.01. The van der Waals surface area contributed by atoms with E-state index >= 15 is 0 Å². The van der Waals surface area contributed by atoms with E-state index in [1.165, 1.54) is 11.8 Å². The van der Waals surface area contributed by atoms with Gasteiger partial charge in [-0.05, 0) is 25.0 Å². The van der Waals surface area contributed by atoms with Gasteiger partial charge in [0.1, 0.15) is 0 Å². The van der Waals surface area contributed by atoms with Crippen LogP contribution in [0, 0.1) is 0 Å². The molecule has 2 rings (SSSR count). The zero-order valence-corrected chi connectivity index (χ0v) is 11.1. The van der Waals surface area contributed by atoms with Gasteiger partial charge in [-0.25, -0.2) is 4.98 Å². The fourth-order valence-electron chi connectivity index (χ4n) is 1.83. The molecule has 1 aromatic carbocycles. The molecule has 5 heteroatoms. The quantitative estimate of drug-likeness (QED) is 0.744. The molecule has 0 bridgehead atoms. The predicted molar refractivity (Wildman–Crippen MR) is 70.4 cm³/mol. The largest absolute Gasteiger partial charge is 0.550 e. The molecule has 96 valence electrons. The number of hydrogen-bond donors (Lipinski definition) is 0. The summed E-state index contributed by atoms with van der Waals surface area (Å²) in [7, 11) is 0. The highest BCUT2D eigenvalue weighted by atomic mass is 32.2. The van der Waals surface area contributed by atoms with Crippen LogP contribution >= 0.6 is 11.8 Å². The highest BCUT2D eigenvalue weighted by molar-refractivity contribution is 7.99. The molecule has 0 saturated heterocycles. The summed E-state index contributed by atoms with van der Waals surface area (Å²) in [6, 6.07) is 7.97. The number of carboxylic acid groups (broad SMARTS) is 1. The van der Waals surface area contributed by atoms with Crippen molar-refractivity contribution in [3.8, 4) is 0 Å². The number of fused-ring (bicyclic) bond motifs is 1. The summed E-state index contributed by atoms with van der Waals surface area (Å²) >= 11 is 1.47. The van der Waals surface area contributed by atoms with Gasteiger partial charge in [0.15, 0.2) is 5.16 Å². The third kappa shape index (κ3) is 2.85. The molecule has 0 aliphatic heterocycles. The minimum Gasteiger partial charge on any atom is -0.550 e. The second kappa shape index (κ2) is 5.91. The van der Waals surface area contributed by atoms with E-state index < -0.39 is 5.97 Å². The lowest BCUT2D eigenvalue weighted by Gasteiger charge is -2.07. The van der Waals surface area contributed by atoms with Gasteiger partial charge in [0.2, 0.25) is 0 Å². The maximum Gasteiger partial charge on any atom is 0.169 e. The molecule has 1 aromatic heterocycles. The van der Waals surface area contributed by atoms with Gasteiger partial charge in [0.25, 0.3) is 0 Å². The predicted octanol–water partition coefficient (Wildman–Crippen LogP) is 1.68. The van der Waals surface area contributed by atoms with Gasteiger partial charge in [-0.1, -0.05) is 30.8 Å². The Balaban J connectivity index is 2.24. The normalized spacial score (nSPS) is 10.9. The Morgan fingerprint density at radius 3 is 2.94 bits per heavy atom. The van der Waals surface area contributed by atoms with Crippen LogP contribution in [-0.2, 0) is 11.3 Å². The molecular weight excluding hydrogens is 248 g/mol. The Morgan fingerprint density at radius 2 is 2.22 bits per heavy atom. The lowest BCUT2D eigenvalue weighted by Crippen LogP contribution is -2.22. The van der Waals surface area contributed by atoms with Crippen LogP contribution in [0.15, 0.2) is 29.4 Å². The van der Waals surface area contributed by atoms with Crippen molar-refractivity contribution in [1.29, 1.82) is 0 Å². The summed E-state index contributed by atoms with van der Waals surface area (Å²) < 4.78 is 2.15. The van der Waals surface area contributed by atoms with Gasteiger partial charge >= 0.3 is 0 Å². The Morgan fingerprint density at radius 1 is 1.44 bits per heavy atom. The number of rotatable bonds is 6. The van der Waals surface area contributed by atoms with E-state index in [1.807, 2.05) is 24.3 Å². The summed E-state index contributed by atoms with van der Waals surface area (Å²) in [6.07, 6.45) is 1.08. The van der Waals surface area contributed by atoms with Crippen LogP contribution < -0.4 is 5.11 Å². The number of thioether (sulfide) groups is 1. The summed E-state index contributed by atoms with van der Waals surface area (Å²) in [4.78, 5) is 15.0. The number of aliphatic carboxylic acids is 1. The number of aromatic nitrogens is 2. The Bertz CT molecular complexity index is 551. The first kappa shape index (κ1) is 13.0. The number of para-hydroxylation sites is 2. The molecule has 0 saturated carbocycles. The zero-order valence-electron chi connectivity index (χ0n) is 10.3. The van der Waals surface area contributed by atoms with Crippen molar-refractivity contribution in [3.05, 3.63) is 24.3 Å². The average Bonchev–Trinajstić information content (AvgIpc) is 2.68. The van der Waals surface area contributed by atoms with Gasteiger partial charge in [-0.2, -0.15) is 0 Å².